The lowest BCUT2D eigenvalue weighted by atomic mass is 10.1. The molecular formula is C20H24N4O2. The Labute approximate surface area is 152 Å². The summed E-state index contributed by atoms with van der Waals surface area (Å²) in [5, 5.41) is 1.05. The molecule has 6 nitrogen and oxygen atoms in total. The van der Waals surface area contributed by atoms with Crippen LogP contribution in [-0.4, -0.2) is 39.6 Å². The van der Waals surface area contributed by atoms with E-state index in [1.165, 1.54) is 0 Å². The van der Waals surface area contributed by atoms with Crippen molar-refractivity contribution in [2.45, 2.75) is 39.0 Å². The third kappa shape index (κ3) is 3.06. The van der Waals surface area contributed by atoms with Gasteiger partial charge in [0, 0.05) is 37.0 Å². The Hall–Kier alpha value is -2.44. The number of hydrogen-bond acceptors (Lipinski definition) is 4. The minimum atomic E-state index is -0.0323. The highest BCUT2D eigenvalue weighted by atomic mass is 16.5. The summed E-state index contributed by atoms with van der Waals surface area (Å²) in [7, 11) is 1.74. The predicted molar refractivity (Wildman–Crippen MR) is 101 cm³/mol. The topological polar surface area (TPSA) is 74.0 Å². The zero-order chi connectivity index (χ0) is 18.3. The number of H-pyrrole nitrogens is 2. The molecule has 1 aliphatic heterocycles. The summed E-state index contributed by atoms with van der Waals surface area (Å²) in [6, 6.07) is 9.97. The fourth-order valence-electron chi connectivity index (χ4n) is 3.75. The van der Waals surface area contributed by atoms with E-state index < -0.39 is 0 Å². The van der Waals surface area contributed by atoms with Crippen molar-refractivity contribution in [1.82, 2.24) is 19.9 Å². The Kier molecular flexibility index (Phi) is 4.38. The van der Waals surface area contributed by atoms with Crippen molar-refractivity contribution in [3.63, 3.8) is 0 Å². The van der Waals surface area contributed by atoms with Gasteiger partial charge in [-0.3, -0.25) is 9.69 Å². The van der Waals surface area contributed by atoms with Gasteiger partial charge in [-0.05, 0) is 37.8 Å². The first-order valence-corrected chi connectivity index (χ1v) is 8.96. The van der Waals surface area contributed by atoms with Crippen molar-refractivity contribution >= 4 is 10.9 Å². The van der Waals surface area contributed by atoms with Crippen molar-refractivity contribution in [2.24, 2.45) is 0 Å². The molecule has 136 valence electrons. The van der Waals surface area contributed by atoms with Gasteiger partial charge in [-0.15, -0.1) is 0 Å². The first-order chi connectivity index (χ1) is 12.5. The molecule has 1 aromatic carbocycles. The summed E-state index contributed by atoms with van der Waals surface area (Å²) in [6.45, 7) is 5.40. The Balaban J connectivity index is 1.66. The molecule has 26 heavy (non-hydrogen) atoms. The molecule has 0 unspecified atom stereocenters. The van der Waals surface area contributed by atoms with Gasteiger partial charge in [0.25, 0.3) is 5.56 Å². The lowest BCUT2D eigenvalue weighted by molar-refractivity contribution is 0.107. The molecule has 1 saturated heterocycles. The number of benzene rings is 1. The molecular weight excluding hydrogens is 328 g/mol. The van der Waals surface area contributed by atoms with E-state index in [-0.39, 0.29) is 17.7 Å². The molecule has 0 saturated carbocycles. The number of ether oxygens (including phenoxy) is 1. The molecule has 0 bridgehead atoms. The van der Waals surface area contributed by atoms with Crippen molar-refractivity contribution in [3.05, 3.63) is 63.5 Å². The molecule has 0 spiro atoms. The van der Waals surface area contributed by atoms with Crippen LogP contribution in [0.2, 0.25) is 0 Å². The quantitative estimate of drug-likeness (QED) is 0.757. The molecule has 1 aliphatic rings. The van der Waals surface area contributed by atoms with Crippen LogP contribution in [0.15, 0.2) is 35.1 Å². The summed E-state index contributed by atoms with van der Waals surface area (Å²) in [6.07, 6.45) is 1.01. The van der Waals surface area contributed by atoms with Gasteiger partial charge >= 0.3 is 0 Å². The van der Waals surface area contributed by atoms with Crippen molar-refractivity contribution in [2.75, 3.05) is 13.7 Å². The van der Waals surface area contributed by atoms with Gasteiger partial charge in [-0.25, -0.2) is 4.98 Å². The molecule has 0 aliphatic carbocycles. The lowest BCUT2D eigenvalue weighted by Gasteiger charge is -2.22. The fraction of sp³-hybridized carbons (Fsp3) is 0.400. The third-order valence-corrected chi connectivity index (χ3v) is 5.36. The van der Waals surface area contributed by atoms with Gasteiger partial charge in [0.1, 0.15) is 5.82 Å². The molecule has 0 radical (unpaired) electrons. The van der Waals surface area contributed by atoms with Crippen LogP contribution in [0.3, 0.4) is 0 Å². The minimum Gasteiger partial charge on any atom is -0.380 e. The highest BCUT2D eigenvalue weighted by Gasteiger charge is 2.35. The Bertz CT molecular complexity index is 971. The van der Waals surface area contributed by atoms with Crippen LogP contribution in [0.25, 0.3) is 10.9 Å². The second-order valence-electron chi connectivity index (χ2n) is 7.08. The number of pyridine rings is 1. The second-order valence-corrected chi connectivity index (χ2v) is 7.08. The molecule has 1 fully saturated rings. The summed E-state index contributed by atoms with van der Waals surface area (Å²) in [5.41, 5.74) is 3.71. The molecule has 0 amide bonds. The number of likely N-dealkylation sites (tertiary alicyclic amines) is 1. The molecule has 2 aromatic heterocycles. The summed E-state index contributed by atoms with van der Waals surface area (Å²) >= 11 is 0. The molecule has 2 N–H and O–H groups in total. The predicted octanol–water partition coefficient (Wildman–Crippen LogP) is 2.83. The van der Waals surface area contributed by atoms with Gasteiger partial charge in [-0.1, -0.05) is 18.2 Å². The number of methoxy groups -OCH3 is 1. The fourth-order valence-corrected chi connectivity index (χ4v) is 3.75. The number of fused-ring (bicyclic) bond motifs is 1. The van der Waals surface area contributed by atoms with Crippen LogP contribution in [0, 0.1) is 13.8 Å². The second kappa shape index (κ2) is 6.70. The average molecular weight is 352 g/mol. The van der Waals surface area contributed by atoms with Crippen molar-refractivity contribution < 1.29 is 4.74 Å². The van der Waals surface area contributed by atoms with E-state index in [9.17, 15) is 4.79 Å². The first-order valence-electron chi connectivity index (χ1n) is 8.96. The van der Waals surface area contributed by atoms with Crippen LogP contribution >= 0.6 is 0 Å². The largest absolute Gasteiger partial charge is 0.380 e. The minimum absolute atomic E-state index is 0.0323. The Morgan fingerprint density at radius 1 is 1.27 bits per heavy atom. The molecule has 3 heterocycles. The maximum atomic E-state index is 12.5. The highest BCUT2D eigenvalue weighted by molar-refractivity contribution is 5.78. The third-order valence-electron chi connectivity index (χ3n) is 5.36. The smallest absolute Gasteiger partial charge is 0.252 e. The monoisotopic (exact) mass is 352 g/mol. The van der Waals surface area contributed by atoms with E-state index in [4.69, 9.17) is 4.74 Å². The van der Waals surface area contributed by atoms with Gasteiger partial charge < -0.3 is 14.7 Å². The van der Waals surface area contributed by atoms with Crippen LogP contribution in [0.1, 0.15) is 35.2 Å². The van der Waals surface area contributed by atoms with Crippen LogP contribution in [0.4, 0.5) is 0 Å². The Morgan fingerprint density at radius 2 is 2.08 bits per heavy atom. The number of para-hydroxylation sites is 1. The van der Waals surface area contributed by atoms with Gasteiger partial charge in [0.2, 0.25) is 0 Å². The maximum Gasteiger partial charge on any atom is 0.252 e. The van der Waals surface area contributed by atoms with Gasteiger partial charge in [-0.2, -0.15) is 0 Å². The molecule has 3 aromatic rings. The summed E-state index contributed by atoms with van der Waals surface area (Å²) < 4.78 is 5.60. The number of aromatic nitrogens is 3. The summed E-state index contributed by atoms with van der Waals surface area (Å²) in [4.78, 5) is 25.9. The van der Waals surface area contributed by atoms with Gasteiger partial charge in [0.05, 0.1) is 17.8 Å². The number of aromatic amines is 2. The lowest BCUT2D eigenvalue weighted by Crippen LogP contribution is -2.28. The highest BCUT2D eigenvalue weighted by Crippen LogP contribution is 2.33. The number of hydrogen-bond donors (Lipinski definition) is 2. The number of rotatable bonds is 4. The number of nitrogens with zero attached hydrogens (tertiary/aromatic N) is 2. The van der Waals surface area contributed by atoms with Gasteiger partial charge in [0.15, 0.2) is 0 Å². The molecule has 2 atom stereocenters. The maximum absolute atomic E-state index is 12.5. The first kappa shape index (κ1) is 17.0. The Morgan fingerprint density at radius 3 is 2.81 bits per heavy atom. The van der Waals surface area contributed by atoms with E-state index in [1.807, 2.05) is 44.2 Å². The van der Waals surface area contributed by atoms with Crippen molar-refractivity contribution in [1.29, 1.82) is 0 Å². The van der Waals surface area contributed by atoms with Crippen LogP contribution in [0.5, 0.6) is 0 Å². The normalized spacial score (nSPS) is 20.9. The van der Waals surface area contributed by atoms with E-state index in [1.54, 1.807) is 7.11 Å². The number of nitrogens with one attached hydrogen (secondary N) is 2. The number of imidazole rings is 1. The number of aryl methyl sites for hydroxylation is 2. The SMILES string of the molecule is CO[C@@H]1C[C@@H](c2nc(C)c(C)[nH]2)N(Cc2cc3ccccc3[nH]c2=O)C1. The van der Waals surface area contributed by atoms with E-state index in [2.05, 4.69) is 19.9 Å². The van der Waals surface area contributed by atoms with Crippen LogP contribution < -0.4 is 5.56 Å². The van der Waals surface area contributed by atoms with E-state index >= 15 is 0 Å². The van der Waals surface area contributed by atoms with Crippen molar-refractivity contribution in [3.8, 4) is 0 Å². The standard InChI is InChI=1S/C20H24N4O2/c1-12-13(2)22-19(21-12)18-9-16(26-3)11-24(18)10-15-8-14-6-4-5-7-17(14)23-20(15)25/h4-8,16,18H,9-11H2,1-3H3,(H,21,22)(H,23,25)/t16-,18+/m1/s1. The zero-order valence-corrected chi connectivity index (χ0v) is 15.4. The average Bonchev–Trinajstić information content (AvgIpc) is 3.19. The molecule has 6 heteroatoms. The summed E-state index contributed by atoms with van der Waals surface area (Å²) in [5.74, 6) is 0.955. The molecule has 4 rings (SSSR count). The van der Waals surface area contributed by atoms with E-state index in [0.717, 1.165) is 46.6 Å². The van der Waals surface area contributed by atoms with E-state index in [0.29, 0.717) is 6.54 Å². The van der Waals surface area contributed by atoms with Crippen LogP contribution in [-0.2, 0) is 11.3 Å². The zero-order valence-electron chi connectivity index (χ0n) is 15.4.